The van der Waals surface area contributed by atoms with Crippen LogP contribution in [0.3, 0.4) is 0 Å². The highest BCUT2D eigenvalue weighted by Crippen LogP contribution is 2.37. The molecule has 198 valence electrons. The van der Waals surface area contributed by atoms with Gasteiger partial charge in [-0.05, 0) is 37.0 Å². The van der Waals surface area contributed by atoms with Crippen LogP contribution in [-0.4, -0.2) is 56.3 Å². The molecule has 1 aliphatic heterocycles. The topological polar surface area (TPSA) is 110 Å². The highest BCUT2D eigenvalue weighted by molar-refractivity contribution is 7.09. The van der Waals surface area contributed by atoms with Crippen molar-refractivity contribution < 1.29 is 28.2 Å². The molecule has 2 aromatic heterocycles. The Morgan fingerprint density at radius 1 is 1.27 bits per heavy atom. The molecule has 0 saturated carbocycles. The number of carbonyl (C=O) groups is 2. The van der Waals surface area contributed by atoms with Gasteiger partial charge in [-0.15, -0.1) is 11.3 Å². The summed E-state index contributed by atoms with van der Waals surface area (Å²) < 4.78 is 32.3. The third kappa shape index (κ3) is 5.91. The van der Waals surface area contributed by atoms with Crippen LogP contribution < -0.4 is 10.1 Å². The van der Waals surface area contributed by atoms with Crippen molar-refractivity contribution in [3.63, 3.8) is 0 Å². The fraction of sp³-hybridized carbons (Fsp3) is 0.417. The summed E-state index contributed by atoms with van der Waals surface area (Å²) in [5.74, 6) is -1.62. The summed E-state index contributed by atoms with van der Waals surface area (Å²) in [6, 6.07) is 6.00. The summed E-state index contributed by atoms with van der Waals surface area (Å²) in [6.45, 7) is 2.39. The van der Waals surface area contributed by atoms with Crippen LogP contribution in [0.2, 0.25) is 5.02 Å². The summed E-state index contributed by atoms with van der Waals surface area (Å²) in [5, 5.41) is 18.8. The molecule has 0 spiro atoms. The molecule has 0 bridgehead atoms. The minimum atomic E-state index is -3.09. The van der Waals surface area contributed by atoms with Crippen LogP contribution >= 0.6 is 22.9 Å². The van der Waals surface area contributed by atoms with E-state index in [0.29, 0.717) is 37.5 Å². The second-order valence-corrected chi connectivity index (χ2v) is 10.4. The maximum atomic E-state index is 13.9. The van der Waals surface area contributed by atoms with E-state index in [-0.39, 0.29) is 28.1 Å². The number of nitrogens with zero attached hydrogens (tertiary/aromatic N) is 4. The lowest BCUT2D eigenvalue weighted by molar-refractivity contribution is -0.128. The van der Waals surface area contributed by atoms with E-state index in [1.165, 1.54) is 34.9 Å². The zero-order chi connectivity index (χ0) is 26.7. The normalized spacial score (nSPS) is 15.8. The monoisotopic (exact) mass is 553 g/mol. The number of carboxylic acid groups (broad SMARTS) is 1. The fourth-order valence-corrected chi connectivity index (χ4v) is 5.40. The van der Waals surface area contributed by atoms with Gasteiger partial charge >= 0.3 is 12.6 Å². The second kappa shape index (κ2) is 11.1. The highest BCUT2D eigenvalue weighted by Gasteiger charge is 2.45. The third-order valence-corrected chi connectivity index (χ3v) is 7.38. The first-order valence-electron chi connectivity index (χ1n) is 11.6. The first kappa shape index (κ1) is 27.0. The van der Waals surface area contributed by atoms with Gasteiger partial charge in [-0.25, -0.2) is 9.78 Å². The van der Waals surface area contributed by atoms with E-state index in [9.17, 15) is 18.4 Å². The molecule has 4 rings (SSSR count). The molecule has 3 aromatic rings. The number of alkyl halides is 2. The van der Waals surface area contributed by atoms with Gasteiger partial charge in [0.25, 0.3) is 5.91 Å². The Balaban J connectivity index is 1.60. The van der Waals surface area contributed by atoms with Gasteiger partial charge in [0.15, 0.2) is 11.4 Å². The Hall–Kier alpha value is -3.09. The van der Waals surface area contributed by atoms with Crippen LogP contribution in [0.25, 0.3) is 0 Å². The Morgan fingerprint density at radius 3 is 2.62 bits per heavy atom. The van der Waals surface area contributed by atoms with Crippen molar-refractivity contribution in [1.29, 1.82) is 0 Å². The average molecular weight is 554 g/mol. The van der Waals surface area contributed by atoms with Crippen LogP contribution in [0.15, 0.2) is 35.8 Å². The smallest absolute Gasteiger partial charge is 0.387 e. The molecule has 1 aliphatic rings. The second-order valence-electron chi connectivity index (χ2n) is 9.04. The van der Waals surface area contributed by atoms with Gasteiger partial charge < -0.3 is 15.2 Å². The van der Waals surface area contributed by atoms with Crippen molar-refractivity contribution in [2.45, 2.75) is 51.3 Å². The Bertz CT molecular complexity index is 1270. The van der Waals surface area contributed by atoms with Gasteiger partial charge in [-0.3, -0.25) is 14.4 Å². The number of thiazole rings is 1. The molecule has 1 saturated heterocycles. The van der Waals surface area contributed by atoms with E-state index in [0.717, 1.165) is 5.69 Å². The zero-order valence-corrected chi connectivity index (χ0v) is 21.7. The maximum absolute atomic E-state index is 13.9. The maximum Gasteiger partial charge on any atom is 0.387 e. The Kier molecular flexibility index (Phi) is 8.10. The summed E-state index contributed by atoms with van der Waals surface area (Å²) in [7, 11) is 0. The van der Waals surface area contributed by atoms with Crippen molar-refractivity contribution in [2.75, 3.05) is 18.4 Å². The predicted molar refractivity (Wildman–Crippen MR) is 135 cm³/mol. The number of amides is 1. The Labute approximate surface area is 221 Å². The van der Waals surface area contributed by atoms with E-state index in [1.807, 2.05) is 19.9 Å². The number of carboxylic acids is 1. The van der Waals surface area contributed by atoms with Crippen LogP contribution in [0.1, 0.15) is 53.8 Å². The van der Waals surface area contributed by atoms with Gasteiger partial charge in [0.05, 0.1) is 12.2 Å². The first-order chi connectivity index (χ1) is 17.6. The van der Waals surface area contributed by atoms with Crippen molar-refractivity contribution in [2.24, 2.45) is 0 Å². The summed E-state index contributed by atoms with van der Waals surface area (Å²) >= 11 is 7.23. The summed E-state index contributed by atoms with van der Waals surface area (Å²) in [4.78, 5) is 31.3. The van der Waals surface area contributed by atoms with E-state index >= 15 is 0 Å². The van der Waals surface area contributed by atoms with E-state index in [1.54, 1.807) is 10.9 Å². The summed E-state index contributed by atoms with van der Waals surface area (Å²) in [5.41, 5.74) is -0.127. The summed E-state index contributed by atoms with van der Waals surface area (Å²) in [6.07, 6.45) is 2.42. The molecular formula is C24H26ClF2N5O4S. The number of aromatic nitrogens is 3. The molecule has 1 amide bonds. The van der Waals surface area contributed by atoms with Crippen molar-refractivity contribution in [1.82, 2.24) is 19.7 Å². The lowest BCUT2D eigenvalue weighted by Crippen LogP contribution is -2.54. The number of halogens is 3. The number of anilines is 1. The molecule has 0 atom stereocenters. The quantitative estimate of drug-likeness (QED) is 0.382. The zero-order valence-electron chi connectivity index (χ0n) is 20.2. The van der Waals surface area contributed by atoms with Gasteiger partial charge in [-0.2, -0.15) is 13.9 Å². The number of aromatic carboxylic acids is 1. The third-order valence-electron chi connectivity index (χ3n) is 6.31. The molecular weight excluding hydrogens is 528 g/mol. The van der Waals surface area contributed by atoms with Gasteiger partial charge in [0.2, 0.25) is 0 Å². The van der Waals surface area contributed by atoms with Gasteiger partial charge in [0, 0.05) is 41.4 Å². The van der Waals surface area contributed by atoms with E-state index < -0.39 is 24.0 Å². The fourth-order valence-electron chi connectivity index (χ4n) is 4.43. The number of ether oxygens (including phenoxy) is 1. The van der Waals surface area contributed by atoms with Crippen LogP contribution in [0, 0.1) is 0 Å². The average Bonchev–Trinajstić information content (AvgIpc) is 3.51. The van der Waals surface area contributed by atoms with Gasteiger partial charge in [-0.1, -0.05) is 25.4 Å². The predicted octanol–water partition coefficient (Wildman–Crippen LogP) is 5.05. The lowest BCUT2D eigenvalue weighted by atomic mass is 9.85. The minimum absolute atomic E-state index is 0.00800. The minimum Gasteiger partial charge on any atom is -0.476 e. The molecule has 9 nitrogen and oxygen atoms in total. The largest absolute Gasteiger partial charge is 0.476 e. The van der Waals surface area contributed by atoms with Crippen LogP contribution in [0.4, 0.5) is 14.5 Å². The van der Waals surface area contributed by atoms with Crippen LogP contribution in [0.5, 0.6) is 5.75 Å². The number of rotatable bonds is 9. The molecule has 2 N–H and O–H groups in total. The van der Waals surface area contributed by atoms with E-state index in [4.69, 9.17) is 16.7 Å². The number of likely N-dealkylation sites (tertiary alicyclic amines) is 1. The lowest BCUT2D eigenvalue weighted by Gasteiger charge is -2.41. The molecule has 0 aliphatic carbocycles. The number of hydrogen-bond acceptors (Lipinski definition) is 7. The molecule has 0 unspecified atom stereocenters. The van der Waals surface area contributed by atoms with Crippen LogP contribution in [-0.2, 0) is 16.9 Å². The number of nitrogens with one attached hydrogen (secondary N) is 1. The SMILES string of the molecule is CC(C)c1ccnn1C1(C(=O)Nc2ccc(Cl)cc2OC(F)F)CCN(Cc2nc(C(=O)O)cs2)CC1. The Morgan fingerprint density at radius 2 is 2.00 bits per heavy atom. The molecule has 3 heterocycles. The van der Waals surface area contributed by atoms with Crippen molar-refractivity contribution >= 4 is 40.5 Å². The molecule has 37 heavy (non-hydrogen) atoms. The standard InChI is InChI=1S/C24H26ClF2N5O4S/c1-14(2)18-5-8-28-32(18)24(22(35)30-16-4-3-15(25)11-19(16)36-23(26)27)6-9-31(10-7-24)12-20-29-17(13-37-20)21(33)34/h3-5,8,11,13-14,23H,6-7,9-10,12H2,1-2H3,(H,30,35)(H,33,34). The number of piperidine rings is 1. The number of hydrogen-bond donors (Lipinski definition) is 2. The van der Waals surface area contributed by atoms with Gasteiger partial charge in [0.1, 0.15) is 10.5 Å². The highest BCUT2D eigenvalue weighted by atomic mass is 35.5. The molecule has 0 radical (unpaired) electrons. The molecule has 1 fully saturated rings. The number of benzene rings is 1. The van der Waals surface area contributed by atoms with Crippen molar-refractivity contribution in [3.05, 3.63) is 57.3 Å². The van der Waals surface area contributed by atoms with Crippen molar-refractivity contribution in [3.8, 4) is 5.75 Å². The van der Waals surface area contributed by atoms with E-state index in [2.05, 4.69) is 25.0 Å². The molecule has 13 heteroatoms. The first-order valence-corrected chi connectivity index (χ1v) is 12.8. The number of carbonyl (C=O) groups excluding carboxylic acids is 1. The molecule has 1 aromatic carbocycles.